The highest BCUT2D eigenvalue weighted by Gasteiger charge is 2.33. The van der Waals surface area contributed by atoms with Gasteiger partial charge in [0.25, 0.3) is 0 Å². The monoisotopic (exact) mass is 290 g/mol. The average molecular weight is 290 g/mol. The van der Waals surface area contributed by atoms with Gasteiger partial charge in [-0.3, -0.25) is 4.79 Å². The lowest BCUT2D eigenvalue weighted by Crippen LogP contribution is -2.37. The van der Waals surface area contributed by atoms with Crippen LogP contribution in [0.2, 0.25) is 0 Å². The molecule has 0 aromatic heterocycles. The van der Waals surface area contributed by atoms with Gasteiger partial charge in [0.1, 0.15) is 6.04 Å². The van der Waals surface area contributed by atoms with Gasteiger partial charge in [-0.2, -0.15) is 0 Å². The van der Waals surface area contributed by atoms with E-state index in [2.05, 4.69) is 15.1 Å². The smallest absolute Gasteiger partial charge is 0.245 e. The second-order valence-corrected chi connectivity index (χ2v) is 6.20. The van der Waals surface area contributed by atoms with Gasteiger partial charge in [0.15, 0.2) is 0 Å². The molecule has 1 saturated heterocycles. The number of anilines is 2. The molecular formula is C15H22N4O2. The van der Waals surface area contributed by atoms with Crippen molar-refractivity contribution in [1.82, 2.24) is 4.90 Å². The number of hydrogen-bond acceptors (Lipinski definition) is 5. The summed E-state index contributed by atoms with van der Waals surface area (Å²) in [7, 11) is 4.07. The van der Waals surface area contributed by atoms with E-state index in [9.17, 15) is 9.90 Å². The van der Waals surface area contributed by atoms with Crippen LogP contribution in [-0.2, 0) is 4.79 Å². The lowest BCUT2D eigenvalue weighted by atomic mass is 10.1. The molecular weight excluding hydrogens is 268 g/mol. The van der Waals surface area contributed by atoms with E-state index in [1.807, 2.05) is 32.3 Å². The van der Waals surface area contributed by atoms with Gasteiger partial charge in [0.2, 0.25) is 5.91 Å². The normalized spacial score (nSPS) is 28.1. The van der Waals surface area contributed by atoms with Crippen molar-refractivity contribution in [2.24, 2.45) is 5.73 Å². The van der Waals surface area contributed by atoms with Crippen molar-refractivity contribution < 1.29 is 9.90 Å². The van der Waals surface area contributed by atoms with E-state index in [0.29, 0.717) is 6.54 Å². The number of aliphatic hydroxyl groups excluding tert-OH is 1. The third kappa shape index (κ3) is 2.62. The Hall–Kier alpha value is -1.63. The van der Waals surface area contributed by atoms with Crippen LogP contribution in [0.3, 0.4) is 0 Å². The Kier molecular flexibility index (Phi) is 3.61. The molecule has 114 valence electrons. The van der Waals surface area contributed by atoms with E-state index in [0.717, 1.165) is 29.9 Å². The molecule has 2 aliphatic rings. The number of carbonyl (C=O) groups excluding carboxylic acids is 1. The number of amides is 1. The molecule has 1 aromatic rings. The predicted octanol–water partition coefficient (Wildman–Crippen LogP) is 0.140. The van der Waals surface area contributed by atoms with Crippen LogP contribution in [0.15, 0.2) is 18.2 Å². The number of rotatable bonds is 3. The van der Waals surface area contributed by atoms with Gasteiger partial charge in [-0.05, 0) is 32.6 Å². The second-order valence-electron chi connectivity index (χ2n) is 6.20. The van der Waals surface area contributed by atoms with Gasteiger partial charge in [-0.1, -0.05) is 6.07 Å². The SMILES string of the molecule is CN(C)CC1CC(O)CN1c1ccc2c(c1)NC(=O)C2N. The Balaban J connectivity index is 1.87. The fourth-order valence-corrected chi connectivity index (χ4v) is 3.26. The quantitative estimate of drug-likeness (QED) is 0.738. The fraction of sp³-hybridized carbons (Fsp3) is 0.533. The molecule has 21 heavy (non-hydrogen) atoms. The summed E-state index contributed by atoms with van der Waals surface area (Å²) in [6.45, 7) is 1.51. The molecule has 2 heterocycles. The molecule has 1 aromatic carbocycles. The molecule has 2 aliphatic heterocycles. The summed E-state index contributed by atoms with van der Waals surface area (Å²) in [5, 5.41) is 12.8. The molecule has 0 bridgehead atoms. The highest BCUT2D eigenvalue weighted by molar-refractivity contribution is 6.03. The van der Waals surface area contributed by atoms with Crippen molar-refractivity contribution in [3.05, 3.63) is 23.8 Å². The fourth-order valence-electron chi connectivity index (χ4n) is 3.26. The van der Waals surface area contributed by atoms with E-state index in [1.165, 1.54) is 0 Å². The molecule has 6 nitrogen and oxygen atoms in total. The van der Waals surface area contributed by atoms with E-state index in [1.54, 1.807) is 0 Å². The molecule has 3 atom stereocenters. The number of aliphatic hydroxyl groups is 1. The number of benzene rings is 1. The first-order valence-electron chi connectivity index (χ1n) is 7.25. The van der Waals surface area contributed by atoms with Crippen molar-refractivity contribution in [2.45, 2.75) is 24.6 Å². The van der Waals surface area contributed by atoms with Crippen LogP contribution in [0.25, 0.3) is 0 Å². The summed E-state index contributed by atoms with van der Waals surface area (Å²) in [6.07, 6.45) is 0.460. The number of nitrogens with two attached hydrogens (primary N) is 1. The van der Waals surface area contributed by atoms with Gasteiger partial charge < -0.3 is 26.0 Å². The molecule has 0 saturated carbocycles. The molecule has 4 N–H and O–H groups in total. The maximum atomic E-state index is 11.6. The van der Waals surface area contributed by atoms with Crippen LogP contribution in [0, 0.1) is 0 Å². The Morgan fingerprint density at radius 2 is 2.24 bits per heavy atom. The Morgan fingerprint density at radius 1 is 1.48 bits per heavy atom. The van der Waals surface area contributed by atoms with Gasteiger partial charge in [0.05, 0.1) is 6.10 Å². The lowest BCUT2D eigenvalue weighted by Gasteiger charge is -2.29. The van der Waals surface area contributed by atoms with Crippen LogP contribution in [0.1, 0.15) is 18.0 Å². The zero-order chi connectivity index (χ0) is 15.1. The van der Waals surface area contributed by atoms with Gasteiger partial charge in [0, 0.05) is 36.1 Å². The Morgan fingerprint density at radius 3 is 2.95 bits per heavy atom. The minimum absolute atomic E-state index is 0.159. The van der Waals surface area contributed by atoms with Crippen LogP contribution in [0.4, 0.5) is 11.4 Å². The van der Waals surface area contributed by atoms with Crippen molar-refractivity contribution >= 4 is 17.3 Å². The summed E-state index contributed by atoms with van der Waals surface area (Å²) in [4.78, 5) is 16.0. The standard InChI is InChI=1S/C15H22N4O2/c1-18(2)7-10-5-11(20)8-19(10)9-3-4-12-13(6-9)17-15(21)14(12)16/h3-4,6,10-11,14,20H,5,7-8,16H2,1-2H3,(H,17,21). The van der Waals surface area contributed by atoms with Crippen LogP contribution in [0.5, 0.6) is 0 Å². The van der Waals surface area contributed by atoms with Crippen LogP contribution < -0.4 is 16.0 Å². The molecule has 6 heteroatoms. The molecule has 1 fully saturated rings. The third-order valence-electron chi connectivity index (χ3n) is 4.21. The molecule has 3 rings (SSSR count). The third-order valence-corrected chi connectivity index (χ3v) is 4.21. The minimum atomic E-state index is -0.573. The number of likely N-dealkylation sites (N-methyl/N-ethyl adjacent to an activating group) is 1. The Bertz CT molecular complexity index is 561. The number of nitrogens with zero attached hydrogens (tertiary/aromatic N) is 2. The molecule has 0 aliphatic carbocycles. The lowest BCUT2D eigenvalue weighted by molar-refractivity contribution is -0.116. The zero-order valence-electron chi connectivity index (χ0n) is 12.4. The zero-order valence-corrected chi connectivity index (χ0v) is 12.4. The van der Waals surface area contributed by atoms with Gasteiger partial charge in [-0.15, -0.1) is 0 Å². The maximum Gasteiger partial charge on any atom is 0.245 e. The van der Waals surface area contributed by atoms with Crippen molar-refractivity contribution in [2.75, 3.05) is 37.4 Å². The summed E-state index contributed by atoms with van der Waals surface area (Å²) < 4.78 is 0. The predicted molar refractivity (Wildman–Crippen MR) is 82.3 cm³/mol. The topological polar surface area (TPSA) is 81.8 Å². The summed E-state index contributed by atoms with van der Waals surface area (Å²) in [5.74, 6) is -0.159. The maximum absolute atomic E-state index is 11.6. The first kappa shape index (κ1) is 14.3. The van der Waals surface area contributed by atoms with Crippen LogP contribution in [-0.4, -0.2) is 55.2 Å². The number of nitrogens with one attached hydrogen (secondary N) is 1. The van der Waals surface area contributed by atoms with E-state index >= 15 is 0 Å². The van der Waals surface area contributed by atoms with Gasteiger partial charge >= 0.3 is 0 Å². The van der Waals surface area contributed by atoms with Crippen molar-refractivity contribution in [3.8, 4) is 0 Å². The average Bonchev–Trinajstić information content (AvgIpc) is 2.90. The number of fused-ring (bicyclic) bond motifs is 1. The summed E-state index contributed by atoms with van der Waals surface area (Å²) in [5.41, 5.74) is 8.48. The summed E-state index contributed by atoms with van der Waals surface area (Å²) >= 11 is 0. The van der Waals surface area contributed by atoms with Crippen LogP contribution >= 0.6 is 0 Å². The molecule has 0 spiro atoms. The first-order chi connectivity index (χ1) is 9.95. The summed E-state index contributed by atoms with van der Waals surface area (Å²) in [6, 6.07) is 5.56. The van der Waals surface area contributed by atoms with E-state index < -0.39 is 6.04 Å². The first-order valence-corrected chi connectivity index (χ1v) is 7.25. The Labute approximate surface area is 124 Å². The minimum Gasteiger partial charge on any atom is -0.391 e. The highest BCUT2D eigenvalue weighted by Crippen LogP contribution is 2.35. The number of hydrogen-bond donors (Lipinski definition) is 3. The second kappa shape index (κ2) is 5.29. The molecule has 3 unspecified atom stereocenters. The van der Waals surface area contributed by atoms with Gasteiger partial charge in [-0.25, -0.2) is 0 Å². The van der Waals surface area contributed by atoms with Crippen molar-refractivity contribution in [3.63, 3.8) is 0 Å². The van der Waals surface area contributed by atoms with Crippen molar-refractivity contribution in [1.29, 1.82) is 0 Å². The number of carbonyl (C=O) groups is 1. The number of β-amino-alcohol motifs (C(OH)–C–C–N with tert-alkyl or cyclic N) is 1. The molecule has 0 radical (unpaired) electrons. The van der Waals surface area contributed by atoms with E-state index in [-0.39, 0.29) is 18.1 Å². The highest BCUT2D eigenvalue weighted by atomic mass is 16.3. The molecule has 1 amide bonds. The largest absolute Gasteiger partial charge is 0.391 e. The van der Waals surface area contributed by atoms with E-state index in [4.69, 9.17) is 5.73 Å².